The van der Waals surface area contributed by atoms with Gasteiger partial charge >= 0.3 is 5.97 Å². The Morgan fingerprint density at radius 3 is 3.00 bits per heavy atom. The number of aromatic hydroxyl groups is 1. The highest BCUT2D eigenvalue weighted by molar-refractivity contribution is 5.69. The minimum atomic E-state index is -0.415. The minimum Gasteiger partial charge on any atom is -0.508 e. The number of phenolic OH excluding ortho intramolecular Hbond substituents is 1. The van der Waals surface area contributed by atoms with E-state index in [1.807, 2.05) is 0 Å². The standard InChI is InChI=1S/C12H13N3O3/c13-10-5-14-15(6-10)7-12(17)18-8-9-2-1-3-11(16)4-9/h1-6,16H,7-8,13H2. The van der Waals surface area contributed by atoms with Gasteiger partial charge in [0.2, 0.25) is 0 Å². The Kier molecular flexibility index (Phi) is 3.47. The second-order valence-electron chi connectivity index (χ2n) is 3.80. The topological polar surface area (TPSA) is 90.4 Å². The SMILES string of the molecule is Nc1cnn(CC(=O)OCc2cccc(O)c2)c1. The Balaban J connectivity index is 1.85. The van der Waals surface area contributed by atoms with Crippen molar-refractivity contribution in [2.45, 2.75) is 13.2 Å². The normalized spacial score (nSPS) is 10.2. The van der Waals surface area contributed by atoms with E-state index in [-0.39, 0.29) is 18.9 Å². The number of ether oxygens (including phenoxy) is 1. The molecule has 0 spiro atoms. The molecule has 94 valence electrons. The molecular weight excluding hydrogens is 234 g/mol. The zero-order valence-electron chi connectivity index (χ0n) is 9.61. The van der Waals surface area contributed by atoms with Crippen LogP contribution in [0.1, 0.15) is 5.56 Å². The van der Waals surface area contributed by atoms with Gasteiger partial charge in [0.25, 0.3) is 0 Å². The van der Waals surface area contributed by atoms with E-state index >= 15 is 0 Å². The van der Waals surface area contributed by atoms with Crippen LogP contribution < -0.4 is 5.73 Å². The summed E-state index contributed by atoms with van der Waals surface area (Å²) >= 11 is 0. The van der Waals surface area contributed by atoms with Gasteiger partial charge in [-0.05, 0) is 17.7 Å². The number of nitrogens with zero attached hydrogens (tertiary/aromatic N) is 2. The summed E-state index contributed by atoms with van der Waals surface area (Å²) in [5.41, 5.74) is 6.69. The molecule has 0 aliphatic heterocycles. The molecular formula is C12H13N3O3. The molecule has 0 radical (unpaired) electrons. The van der Waals surface area contributed by atoms with Gasteiger partial charge in [-0.15, -0.1) is 0 Å². The molecule has 0 saturated carbocycles. The number of carbonyl (C=O) groups is 1. The summed E-state index contributed by atoms with van der Waals surface area (Å²) in [6, 6.07) is 6.54. The van der Waals surface area contributed by atoms with Crippen LogP contribution in [0.5, 0.6) is 5.75 Å². The summed E-state index contributed by atoms with van der Waals surface area (Å²) in [6.45, 7) is 0.125. The van der Waals surface area contributed by atoms with Crippen LogP contribution in [0.25, 0.3) is 0 Å². The fraction of sp³-hybridized carbons (Fsp3) is 0.167. The first-order valence-corrected chi connectivity index (χ1v) is 5.35. The smallest absolute Gasteiger partial charge is 0.328 e. The van der Waals surface area contributed by atoms with E-state index in [9.17, 15) is 9.90 Å². The molecule has 2 aromatic rings. The molecule has 3 N–H and O–H groups in total. The second-order valence-corrected chi connectivity index (χ2v) is 3.80. The predicted octanol–water partition coefficient (Wildman–Crippen LogP) is 0.914. The first-order valence-electron chi connectivity index (χ1n) is 5.35. The zero-order valence-corrected chi connectivity index (χ0v) is 9.61. The van der Waals surface area contributed by atoms with Crippen LogP contribution in [0.3, 0.4) is 0 Å². The van der Waals surface area contributed by atoms with Crippen molar-refractivity contribution in [1.29, 1.82) is 0 Å². The van der Waals surface area contributed by atoms with E-state index in [1.54, 1.807) is 30.5 Å². The van der Waals surface area contributed by atoms with Crippen molar-refractivity contribution in [1.82, 2.24) is 9.78 Å². The van der Waals surface area contributed by atoms with Crippen molar-refractivity contribution < 1.29 is 14.6 Å². The Morgan fingerprint density at radius 1 is 1.50 bits per heavy atom. The lowest BCUT2D eigenvalue weighted by Crippen LogP contribution is -2.13. The summed E-state index contributed by atoms with van der Waals surface area (Å²) in [7, 11) is 0. The van der Waals surface area contributed by atoms with Crippen LogP contribution in [0.4, 0.5) is 5.69 Å². The number of anilines is 1. The molecule has 0 atom stereocenters. The second kappa shape index (κ2) is 5.22. The van der Waals surface area contributed by atoms with Crippen LogP contribution >= 0.6 is 0 Å². The van der Waals surface area contributed by atoms with E-state index in [4.69, 9.17) is 10.5 Å². The number of hydrogen-bond donors (Lipinski definition) is 2. The van der Waals surface area contributed by atoms with Crippen molar-refractivity contribution in [3.8, 4) is 5.75 Å². The van der Waals surface area contributed by atoms with Crippen LogP contribution in [-0.4, -0.2) is 20.9 Å². The van der Waals surface area contributed by atoms with E-state index < -0.39 is 5.97 Å². The lowest BCUT2D eigenvalue weighted by molar-refractivity contribution is -0.145. The lowest BCUT2D eigenvalue weighted by Gasteiger charge is -2.05. The fourth-order valence-corrected chi connectivity index (χ4v) is 1.45. The Bertz CT molecular complexity index is 551. The number of benzene rings is 1. The molecule has 6 nitrogen and oxygen atoms in total. The quantitative estimate of drug-likeness (QED) is 0.784. The van der Waals surface area contributed by atoms with E-state index in [0.29, 0.717) is 5.69 Å². The van der Waals surface area contributed by atoms with Crippen LogP contribution in [0.15, 0.2) is 36.7 Å². The first-order chi connectivity index (χ1) is 8.63. The van der Waals surface area contributed by atoms with Crippen LogP contribution in [0.2, 0.25) is 0 Å². The highest BCUT2D eigenvalue weighted by atomic mass is 16.5. The van der Waals surface area contributed by atoms with E-state index in [2.05, 4.69) is 5.10 Å². The average Bonchev–Trinajstić information content (AvgIpc) is 2.72. The molecule has 2 rings (SSSR count). The largest absolute Gasteiger partial charge is 0.508 e. The van der Waals surface area contributed by atoms with Gasteiger partial charge in [0, 0.05) is 6.20 Å². The van der Waals surface area contributed by atoms with Crippen molar-refractivity contribution in [2.75, 3.05) is 5.73 Å². The molecule has 6 heteroatoms. The van der Waals surface area contributed by atoms with Crippen molar-refractivity contribution >= 4 is 11.7 Å². The van der Waals surface area contributed by atoms with Gasteiger partial charge in [0.1, 0.15) is 18.9 Å². The molecule has 0 aliphatic carbocycles. The molecule has 0 fully saturated rings. The van der Waals surface area contributed by atoms with Gasteiger partial charge in [-0.25, -0.2) is 0 Å². The third kappa shape index (κ3) is 3.24. The van der Waals surface area contributed by atoms with Crippen LogP contribution in [-0.2, 0) is 22.7 Å². The summed E-state index contributed by atoms with van der Waals surface area (Å²) < 4.78 is 6.45. The lowest BCUT2D eigenvalue weighted by atomic mass is 10.2. The number of phenols is 1. The number of hydrogen-bond acceptors (Lipinski definition) is 5. The molecule has 0 amide bonds. The van der Waals surface area contributed by atoms with Crippen LogP contribution in [0, 0.1) is 0 Å². The number of carbonyl (C=O) groups excluding carboxylic acids is 1. The predicted molar refractivity (Wildman–Crippen MR) is 64.5 cm³/mol. The highest BCUT2D eigenvalue weighted by Gasteiger charge is 2.06. The molecule has 1 aromatic heterocycles. The fourth-order valence-electron chi connectivity index (χ4n) is 1.45. The van der Waals surface area contributed by atoms with Crippen molar-refractivity contribution in [3.63, 3.8) is 0 Å². The Morgan fingerprint density at radius 2 is 2.33 bits per heavy atom. The number of aromatic nitrogens is 2. The molecule has 1 aromatic carbocycles. The maximum atomic E-state index is 11.5. The molecule has 0 aliphatic rings. The minimum absolute atomic E-state index is 0.00994. The third-order valence-corrected chi connectivity index (χ3v) is 2.25. The van der Waals surface area contributed by atoms with Gasteiger partial charge < -0.3 is 15.6 Å². The molecule has 0 unspecified atom stereocenters. The zero-order chi connectivity index (χ0) is 13.0. The molecule has 18 heavy (non-hydrogen) atoms. The third-order valence-electron chi connectivity index (χ3n) is 2.25. The van der Waals surface area contributed by atoms with E-state index in [0.717, 1.165) is 5.56 Å². The first kappa shape index (κ1) is 12.0. The highest BCUT2D eigenvalue weighted by Crippen LogP contribution is 2.11. The number of esters is 1. The summed E-state index contributed by atoms with van der Waals surface area (Å²) in [4.78, 5) is 11.5. The van der Waals surface area contributed by atoms with Gasteiger partial charge in [-0.3, -0.25) is 9.48 Å². The van der Waals surface area contributed by atoms with Crippen molar-refractivity contribution in [2.24, 2.45) is 0 Å². The average molecular weight is 247 g/mol. The number of nitrogens with two attached hydrogens (primary N) is 1. The number of rotatable bonds is 4. The monoisotopic (exact) mass is 247 g/mol. The maximum absolute atomic E-state index is 11.5. The maximum Gasteiger partial charge on any atom is 0.328 e. The molecule has 0 saturated heterocycles. The van der Waals surface area contributed by atoms with Crippen molar-refractivity contribution in [3.05, 3.63) is 42.2 Å². The van der Waals surface area contributed by atoms with Gasteiger partial charge in [0.15, 0.2) is 0 Å². The Labute approximate surface area is 104 Å². The van der Waals surface area contributed by atoms with Gasteiger partial charge in [0.05, 0.1) is 11.9 Å². The molecule has 1 heterocycles. The molecule has 0 bridgehead atoms. The van der Waals surface area contributed by atoms with Gasteiger partial charge in [-0.1, -0.05) is 12.1 Å². The van der Waals surface area contributed by atoms with E-state index in [1.165, 1.54) is 10.9 Å². The summed E-state index contributed by atoms with van der Waals surface area (Å²) in [5, 5.41) is 13.1. The number of nitrogen functional groups attached to an aromatic ring is 1. The Hall–Kier alpha value is -2.50. The summed E-state index contributed by atoms with van der Waals surface area (Å²) in [5.74, 6) is -0.273. The summed E-state index contributed by atoms with van der Waals surface area (Å²) in [6.07, 6.45) is 3.01. The van der Waals surface area contributed by atoms with Gasteiger partial charge in [-0.2, -0.15) is 5.10 Å².